The Morgan fingerprint density at radius 1 is 1.26 bits per heavy atom. The van der Waals surface area contributed by atoms with E-state index in [9.17, 15) is 18.0 Å². The van der Waals surface area contributed by atoms with Crippen LogP contribution in [0, 0.1) is 0 Å². The Balaban J connectivity index is 2.05. The quantitative estimate of drug-likeness (QED) is 0.477. The Kier molecular flexibility index (Phi) is 6.72. The number of rotatable bonds is 7. The molecule has 1 aromatic carbocycles. The SMILES string of the molecule is O=C(CCCSc1ccccc1)NOCC(F)(F)F. The van der Waals surface area contributed by atoms with Crippen molar-refractivity contribution >= 4 is 17.7 Å². The van der Waals surface area contributed by atoms with Crippen molar-refractivity contribution in [2.24, 2.45) is 0 Å². The molecule has 0 bridgehead atoms. The molecule has 0 aromatic heterocycles. The van der Waals surface area contributed by atoms with E-state index in [1.807, 2.05) is 30.3 Å². The Hall–Kier alpha value is -1.21. The van der Waals surface area contributed by atoms with Crippen molar-refractivity contribution in [1.82, 2.24) is 5.48 Å². The first-order chi connectivity index (χ1) is 8.97. The number of amides is 1. The van der Waals surface area contributed by atoms with Gasteiger partial charge in [0.2, 0.25) is 5.91 Å². The highest BCUT2D eigenvalue weighted by Crippen LogP contribution is 2.18. The van der Waals surface area contributed by atoms with Crippen LogP contribution in [0.15, 0.2) is 35.2 Å². The van der Waals surface area contributed by atoms with Crippen molar-refractivity contribution in [3.63, 3.8) is 0 Å². The van der Waals surface area contributed by atoms with E-state index in [0.29, 0.717) is 6.42 Å². The van der Waals surface area contributed by atoms with Gasteiger partial charge < -0.3 is 0 Å². The highest BCUT2D eigenvalue weighted by molar-refractivity contribution is 7.99. The predicted molar refractivity (Wildman–Crippen MR) is 66.5 cm³/mol. The summed E-state index contributed by atoms with van der Waals surface area (Å²) in [5.41, 5.74) is 1.77. The van der Waals surface area contributed by atoms with E-state index in [1.165, 1.54) is 0 Å². The van der Waals surface area contributed by atoms with E-state index in [0.717, 1.165) is 10.6 Å². The lowest BCUT2D eigenvalue weighted by Gasteiger charge is -2.08. The van der Waals surface area contributed by atoms with E-state index < -0.39 is 18.7 Å². The van der Waals surface area contributed by atoms with Crippen LogP contribution >= 0.6 is 11.8 Å². The summed E-state index contributed by atoms with van der Waals surface area (Å²) in [5.74, 6) is 0.175. The number of hydrogen-bond acceptors (Lipinski definition) is 3. The maximum Gasteiger partial charge on any atom is 0.414 e. The molecule has 0 atom stereocenters. The second-order valence-electron chi connectivity index (χ2n) is 3.69. The smallest absolute Gasteiger partial charge is 0.273 e. The summed E-state index contributed by atoms with van der Waals surface area (Å²) in [6, 6.07) is 9.66. The van der Waals surface area contributed by atoms with Crippen molar-refractivity contribution in [3.8, 4) is 0 Å². The van der Waals surface area contributed by atoms with Gasteiger partial charge in [-0.1, -0.05) is 18.2 Å². The lowest BCUT2D eigenvalue weighted by molar-refractivity contribution is -0.191. The van der Waals surface area contributed by atoms with E-state index in [-0.39, 0.29) is 6.42 Å². The minimum Gasteiger partial charge on any atom is -0.273 e. The van der Waals surface area contributed by atoms with Gasteiger partial charge in [-0.15, -0.1) is 11.8 Å². The second-order valence-corrected chi connectivity index (χ2v) is 4.86. The number of benzene rings is 1. The molecule has 19 heavy (non-hydrogen) atoms. The summed E-state index contributed by atoms with van der Waals surface area (Å²) >= 11 is 1.59. The minimum atomic E-state index is -4.43. The molecular weight excluding hydrogens is 279 g/mol. The molecule has 1 N–H and O–H groups in total. The average Bonchev–Trinajstić information content (AvgIpc) is 2.34. The average molecular weight is 293 g/mol. The molecule has 0 saturated heterocycles. The van der Waals surface area contributed by atoms with Gasteiger partial charge in [0.1, 0.15) is 0 Å². The summed E-state index contributed by atoms with van der Waals surface area (Å²) in [5, 5.41) is 0. The van der Waals surface area contributed by atoms with Crippen LogP contribution < -0.4 is 5.48 Å². The number of nitrogens with one attached hydrogen (secondary N) is 1. The van der Waals surface area contributed by atoms with Gasteiger partial charge in [-0.25, -0.2) is 5.48 Å². The molecule has 106 valence electrons. The van der Waals surface area contributed by atoms with E-state index in [1.54, 1.807) is 17.2 Å². The maximum atomic E-state index is 11.7. The van der Waals surface area contributed by atoms with Crippen LogP contribution in [0.3, 0.4) is 0 Å². The van der Waals surface area contributed by atoms with Crippen molar-refractivity contribution in [2.45, 2.75) is 23.9 Å². The molecule has 7 heteroatoms. The molecule has 0 radical (unpaired) electrons. The topological polar surface area (TPSA) is 38.3 Å². The summed E-state index contributed by atoms with van der Waals surface area (Å²) < 4.78 is 35.2. The zero-order valence-electron chi connectivity index (χ0n) is 10.1. The number of halogens is 3. The van der Waals surface area contributed by atoms with Gasteiger partial charge in [-0.3, -0.25) is 9.63 Å². The first-order valence-electron chi connectivity index (χ1n) is 5.62. The van der Waals surface area contributed by atoms with Crippen molar-refractivity contribution < 1.29 is 22.8 Å². The van der Waals surface area contributed by atoms with Gasteiger partial charge in [0.05, 0.1) is 0 Å². The van der Waals surface area contributed by atoms with Crippen molar-refractivity contribution in [1.29, 1.82) is 0 Å². The molecule has 1 amide bonds. The van der Waals surface area contributed by atoms with Crippen LogP contribution in [0.5, 0.6) is 0 Å². The van der Waals surface area contributed by atoms with E-state index in [2.05, 4.69) is 4.84 Å². The monoisotopic (exact) mass is 293 g/mol. The number of alkyl halides is 3. The molecule has 0 aliphatic rings. The van der Waals surface area contributed by atoms with Gasteiger partial charge >= 0.3 is 6.18 Å². The van der Waals surface area contributed by atoms with Crippen molar-refractivity contribution in [2.75, 3.05) is 12.4 Å². The Morgan fingerprint density at radius 3 is 2.58 bits per heavy atom. The molecule has 0 unspecified atom stereocenters. The Bertz CT molecular complexity index is 384. The fraction of sp³-hybridized carbons (Fsp3) is 0.417. The normalized spacial score (nSPS) is 11.3. The molecule has 3 nitrogen and oxygen atoms in total. The highest BCUT2D eigenvalue weighted by atomic mass is 32.2. The third kappa shape index (κ3) is 8.50. The van der Waals surface area contributed by atoms with Crippen molar-refractivity contribution in [3.05, 3.63) is 30.3 Å². The van der Waals surface area contributed by atoms with Gasteiger partial charge in [0.15, 0.2) is 6.61 Å². The zero-order valence-corrected chi connectivity index (χ0v) is 10.9. The Morgan fingerprint density at radius 2 is 1.95 bits per heavy atom. The molecule has 0 aliphatic heterocycles. The van der Waals surface area contributed by atoms with E-state index in [4.69, 9.17) is 0 Å². The molecule has 0 fully saturated rings. The number of carbonyl (C=O) groups is 1. The molecule has 0 spiro atoms. The molecule has 1 rings (SSSR count). The third-order valence-corrected chi connectivity index (χ3v) is 3.08. The first kappa shape index (κ1) is 15.8. The standard InChI is InChI=1S/C12H14F3NO2S/c13-12(14,15)9-18-16-11(17)7-4-8-19-10-5-2-1-3-6-10/h1-3,5-6H,4,7-9H2,(H,16,17). The van der Waals surface area contributed by atoms with Gasteiger partial charge in [-0.2, -0.15) is 13.2 Å². The molecule has 1 aromatic rings. The van der Waals surface area contributed by atoms with Gasteiger partial charge in [0.25, 0.3) is 0 Å². The fourth-order valence-corrected chi connectivity index (χ4v) is 2.06. The largest absolute Gasteiger partial charge is 0.414 e. The van der Waals surface area contributed by atoms with Gasteiger partial charge in [-0.05, 0) is 24.3 Å². The van der Waals surface area contributed by atoms with Crippen LogP contribution in [0.2, 0.25) is 0 Å². The summed E-state index contributed by atoms with van der Waals surface area (Å²) in [6.45, 7) is -1.47. The summed E-state index contributed by atoms with van der Waals surface area (Å²) in [4.78, 5) is 16.3. The predicted octanol–water partition coefficient (Wildman–Crippen LogP) is 3.17. The van der Waals surface area contributed by atoms with Crippen LogP contribution in [0.4, 0.5) is 13.2 Å². The molecule has 0 heterocycles. The number of carbonyl (C=O) groups excluding carboxylic acids is 1. The second kappa shape index (κ2) is 8.06. The highest BCUT2D eigenvalue weighted by Gasteiger charge is 2.28. The molecule has 0 aliphatic carbocycles. The lowest BCUT2D eigenvalue weighted by Crippen LogP contribution is -2.29. The van der Waals surface area contributed by atoms with Crippen LogP contribution in [-0.2, 0) is 9.63 Å². The number of hydrogen-bond donors (Lipinski definition) is 1. The first-order valence-corrected chi connectivity index (χ1v) is 6.61. The summed E-state index contributed by atoms with van der Waals surface area (Å²) in [6.07, 6.45) is -3.73. The third-order valence-electron chi connectivity index (χ3n) is 1.98. The zero-order chi connectivity index (χ0) is 14.1. The van der Waals surface area contributed by atoms with Crippen LogP contribution in [-0.4, -0.2) is 24.4 Å². The lowest BCUT2D eigenvalue weighted by atomic mass is 10.3. The maximum absolute atomic E-state index is 11.7. The molecule has 0 saturated carbocycles. The van der Waals surface area contributed by atoms with Gasteiger partial charge in [0, 0.05) is 11.3 Å². The minimum absolute atomic E-state index is 0.137. The summed E-state index contributed by atoms with van der Waals surface area (Å²) in [7, 11) is 0. The van der Waals surface area contributed by atoms with E-state index >= 15 is 0 Å². The number of hydroxylamine groups is 1. The van der Waals surface area contributed by atoms with Crippen LogP contribution in [0.25, 0.3) is 0 Å². The molecular formula is C12H14F3NO2S. The number of thioether (sulfide) groups is 1. The fourth-order valence-electron chi connectivity index (χ4n) is 1.19. The van der Waals surface area contributed by atoms with Crippen LogP contribution in [0.1, 0.15) is 12.8 Å². The Labute approximate surface area is 113 Å².